The molecular weight excluding hydrogens is 184 g/mol. The molecular formula is C13H12N2. The van der Waals surface area contributed by atoms with E-state index >= 15 is 0 Å². The summed E-state index contributed by atoms with van der Waals surface area (Å²) in [5, 5.41) is 5.77. The molecule has 1 N–H and O–H groups in total. The van der Waals surface area contributed by atoms with Gasteiger partial charge < -0.3 is 9.88 Å². The third kappa shape index (κ3) is 1.34. The molecule has 3 rings (SSSR count). The minimum atomic E-state index is 0.922. The lowest BCUT2D eigenvalue weighted by Gasteiger charge is -2.05. The number of nitrogens with zero attached hydrogens (tertiary/aromatic N) is 1. The number of benzene rings is 1. The molecule has 2 nitrogen and oxygen atoms in total. The number of hydrogen-bond acceptors (Lipinski definition) is 1. The Morgan fingerprint density at radius 1 is 1.07 bits per heavy atom. The van der Waals surface area contributed by atoms with Gasteiger partial charge in [-0.15, -0.1) is 0 Å². The van der Waals surface area contributed by atoms with Crippen LogP contribution in [0.4, 0.5) is 0 Å². The second kappa shape index (κ2) is 3.31. The monoisotopic (exact) mass is 196 g/mol. The highest BCUT2D eigenvalue weighted by molar-refractivity contribution is 5.41. The molecule has 74 valence electrons. The van der Waals surface area contributed by atoms with Crippen LogP contribution >= 0.6 is 0 Å². The molecule has 1 aromatic carbocycles. The predicted molar refractivity (Wildman–Crippen MR) is 62.0 cm³/mol. The molecule has 1 aliphatic heterocycles. The fourth-order valence-electron chi connectivity index (χ4n) is 1.92. The van der Waals surface area contributed by atoms with E-state index in [0.29, 0.717) is 0 Å². The van der Waals surface area contributed by atoms with Gasteiger partial charge in [-0.25, -0.2) is 0 Å². The van der Waals surface area contributed by atoms with Gasteiger partial charge in [0.15, 0.2) is 0 Å². The standard InChI is InChI=1S/C13H12N2/c1-2-4-12(5-3-1)15-9-7-11-6-8-14-10-13(11)15/h1-7,9-10,14H,8H2. The Morgan fingerprint density at radius 2 is 1.93 bits per heavy atom. The van der Waals surface area contributed by atoms with E-state index < -0.39 is 0 Å². The molecule has 0 bridgehead atoms. The number of hydrogen-bond donors (Lipinski definition) is 1. The maximum absolute atomic E-state index is 3.24. The molecule has 0 fully saturated rings. The summed E-state index contributed by atoms with van der Waals surface area (Å²) in [6, 6.07) is 12.5. The molecule has 0 atom stereocenters. The van der Waals surface area contributed by atoms with E-state index in [-0.39, 0.29) is 0 Å². The first-order valence-corrected chi connectivity index (χ1v) is 5.12. The molecule has 1 aliphatic rings. The van der Waals surface area contributed by atoms with Crippen molar-refractivity contribution in [1.82, 2.24) is 9.88 Å². The highest BCUT2D eigenvalue weighted by Gasteiger charge is 2.00. The molecule has 2 heterocycles. The summed E-state index contributed by atoms with van der Waals surface area (Å²) in [6.07, 6.45) is 6.39. The number of para-hydroxylation sites is 1. The summed E-state index contributed by atoms with van der Waals surface area (Å²) >= 11 is 0. The summed E-state index contributed by atoms with van der Waals surface area (Å²) in [5.41, 5.74) is 1.20. The molecule has 0 spiro atoms. The zero-order valence-corrected chi connectivity index (χ0v) is 8.35. The van der Waals surface area contributed by atoms with E-state index in [1.807, 2.05) is 6.07 Å². The lowest BCUT2D eigenvalue weighted by Crippen LogP contribution is -2.35. The Kier molecular flexibility index (Phi) is 1.85. The van der Waals surface area contributed by atoms with Crippen LogP contribution < -0.4 is 15.9 Å². The zero-order chi connectivity index (χ0) is 10.1. The van der Waals surface area contributed by atoms with E-state index in [0.717, 1.165) is 6.54 Å². The number of fused-ring (bicyclic) bond motifs is 1. The molecule has 0 saturated carbocycles. The highest BCUT2D eigenvalue weighted by Crippen LogP contribution is 2.02. The smallest absolute Gasteiger partial charge is 0.0683 e. The van der Waals surface area contributed by atoms with Crippen LogP contribution in [0.5, 0.6) is 0 Å². The van der Waals surface area contributed by atoms with Gasteiger partial charge in [-0.1, -0.05) is 24.3 Å². The lowest BCUT2D eigenvalue weighted by molar-refractivity contribution is 0.976. The lowest BCUT2D eigenvalue weighted by atomic mass is 10.3. The Labute approximate surface area is 88.2 Å². The van der Waals surface area contributed by atoms with Crippen LogP contribution in [0, 0.1) is 0 Å². The molecule has 15 heavy (non-hydrogen) atoms. The second-order valence-electron chi connectivity index (χ2n) is 3.62. The topological polar surface area (TPSA) is 17.0 Å². The second-order valence-corrected chi connectivity index (χ2v) is 3.62. The largest absolute Gasteiger partial charge is 0.386 e. The van der Waals surface area contributed by atoms with Crippen molar-refractivity contribution in [2.45, 2.75) is 0 Å². The maximum atomic E-state index is 3.24. The zero-order valence-electron chi connectivity index (χ0n) is 8.35. The van der Waals surface area contributed by atoms with Crippen LogP contribution in [0.15, 0.2) is 42.6 Å². The fourth-order valence-corrected chi connectivity index (χ4v) is 1.92. The summed E-state index contributed by atoms with van der Waals surface area (Å²) in [5.74, 6) is 0. The Balaban J connectivity index is 2.28. The van der Waals surface area contributed by atoms with Gasteiger partial charge in [0, 0.05) is 24.6 Å². The summed E-state index contributed by atoms with van der Waals surface area (Å²) in [4.78, 5) is 0. The average molecular weight is 196 g/mol. The SMILES string of the molecule is C1=c2ccn(-c3ccccc3)c2=CNC1. The van der Waals surface area contributed by atoms with Crippen LogP contribution in [-0.2, 0) is 0 Å². The minimum absolute atomic E-state index is 0.922. The van der Waals surface area contributed by atoms with Crippen LogP contribution in [0.2, 0.25) is 0 Å². The molecule has 0 radical (unpaired) electrons. The summed E-state index contributed by atoms with van der Waals surface area (Å²) in [6.45, 7) is 0.922. The van der Waals surface area contributed by atoms with Crippen LogP contribution in [-0.4, -0.2) is 11.1 Å². The van der Waals surface area contributed by atoms with E-state index in [4.69, 9.17) is 0 Å². The Bertz CT molecular complexity index is 579. The number of nitrogens with one attached hydrogen (secondary N) is 1. The number of rotatable bonds is 1. The third-order valence-corrected chi connectivity index (χ3v) is 2.67. The quantitative estimate of drug-likeness (QED) is 0.706. The van der Waals surface area contributed by atoms with Gasteiger partial charge in [-0.3, -0.25) is 0 Å². The minimum Gasteiger partial charge on any atom is -0.386 e. The van der Waals surface area contributed by atoms with Crippen LogP contribution in [0.3, 0.4) is 0 Å². The van der Waals surface area contributed by atoms with Crippen molar-refractivity contribution in [2.24, 2.45) is 0 Å². The first kappa shape index (κ1) is 8.36. The van der Waals surface area contributed by atoms with Crippen molar-refractivity contribution in [2.75, 3.05) is 6.54 Å². The first-order valence-electron chi connectivity index (χ1n) is 5.12. The molecule has 0 saturated heterocycles. The number of aromatic nitrogens is 1. The highest BCUT2D eigenvalue weighted by atomic mass is 15.0. The summed E-state index contributed by atoms with van der Waals surface area (Å²) in [7, 11) is 0. The van der Waals surface area contributed by atoms with E-state index in [1.54, 1.807) is 0 Å². The van der Waals surface area contributed by atoms with E-state index in [2.05, 4.69) is 58.7 Å². The maximum Gasteiger partial charge on any atom is 0.0683 e. The normalized spacial score (nSPS) is 13.3. The van der Waals surface area contributed by atoms with E-state index in [1.165, 1.54) is 16.3 Å². The van der Waals surface area contributed by atoms with E-state index in [9.17, 15) is 0 Å². The van der Waals surface area contributed by atoms with Crippen molar-refractivity contribution in [1.29, 1.82) is 0 Å². The van der Waals surface area contributed by atoms with Crippen LogP contribution in [0.1, 0.15) is 0 Å². The molecule has 0 amide bonds. The Hall–Kier alpha value is -1.96. The van der Waals surface area contributed by atoms with Crippen molar-refractivity contribution < 1.29 is 0 Å². The molecule has 2 heteroatoms. The van der Waals surface area contributed by atoms with Gasteiger partial charge in [-0.05, 0) is 23.4 Å². The molecule has 2 aromatic rings. The van der Waals surface area contributed by atoms with Gasteiger partial charge in [0.2, 0.25) is 0 Å². The third-order valence-electron chi connectivity index (χ3n) is 2.67. The van der Waals surface area contributed by atoms with Crippen molar-refractivity contribution in [3.05, 3.63) is 53.2 Å². The first-order chi connectivity index (χ1) is 7.45. The van der Waals surface area contributed by atoms with Crippen LogP contribution in [0.25, 0.3) is 18.0 Å². The molecule has 1 aromatic heterocycles. The van der Waals surface area contributed by atoms with Gasteiger partial charge >= 0.3 is 0 Å². The van der Waals surface area contributed by atoms with Gasteiger partial charge in [0.05, 0.1) is 5.35 Å². The van der Waals surface area contributed by atoms with Crippen molar-refractivity contribution in [3.63, 3.8) is 0 Å². The average Bonchev–Trinajstić information content (AvgIpc) is 2.74. The molecule has 0 unspecified atom stereocenters. The summed E-state index contributed by atoms with van der Waals surface area (Å²) < 4.78 is 2.19. The van der Waals surface area contributed by atoms with Crippen molar-refractivity contribution >= 4 is 12.3 Å². The van der Waals surface area contributed by atoms with Gasteiger partial charge in [0.25, 0.3) is 0 Å². The Morgan fingerprint density at radius 3 is 2.80 bits per heavy atom. The van der Waals surface area contributed by atoms with Gasteiger partial charge in [0.1, 0.15) is 0 Å². The van der Waals surface area contributed by atoms with Gasteiger partial charge in [-0.2, -0.15) is 0 Å². The van der Waals surface area contributed by atoms with Crippen molar-refractivity contribution in [3.8, 4) is 5.69 Å². The fraction of sp³-hybridized carbons (Fsp3) is 0.0769. The molecule has 0 aliphatic carbocycles. The predicted octanol–water partition coefficient (Wildman–Crippen LogP) is 0.599.